The minimum absolute atomic E-state index is 0.185. The van der Waals surface area contributed by atoms with Crippen LogP contribution in [0.3, 0.4) is 0 Å². The van der Waals surface area contributed by atoms with Gasteiger partial charge in [-0.05, 0) is 30.4 Å². The molecule has 1 aromatic carbocycles. The third-order valence-corrected chi connectivity index (χ3v) is 6.35. The maximum atomic E-state index is 13.3. The molecule has 0 aromatic heterocycles. The van der Waals surface area contributed by atoms with Gasteiger partial charge in [-0.15, -0.1) is 0 Å². The summed E-state index contributed by atoms with van der Waals surface area (Å²) in [5.74, 6) is -0.645. The largest absolute Gasteiger partial charge is 0.478 e. The lowest BCUT2D eigenvalue weighted by atomic mass is 10.2. The predicted molar refractivity (Wildman–Crippen MR) is 74.0 cm³/mol. The fraction of sp³-hybridized carbons (Fsp3) is 0.417. The molecule has 1 unspecified atom stereocenters. The molecule has 20 heavy (non-hydrogen) atoms. The van der Waals surface area contributed by atoms with Crippen LogP contribution >= 0.6 is 11.8 Å². The summed E-state index contributed by atoms with van der Waals surface area (Å²) in [5.41, 5.74) is -0.413. The quantitative estimate of drug-likeness (QED) is 0.913. The standard InChI is InChI=1S/C12H14FNO4S2/c1-14(9-4-5-19-7-9)20(17,18)11-6-8(13)2-3-10(11)12(15)16/h2-3,6,9H,4-5,7H2,1H3,(H,15,16). The Bertz CT molecular complexity index is 626. The fourth-order valence-electron chi connectivity index (χ4n) is 2.05. The van der Waals surface area contributed by atoms with Crippen LogP contribution in [-0.2, 0) is 10.0 Å². The van der Waals surface area contributed by atoms with Crippen molar-refractivity contribution in [3.8, 4) is 0 Å². The number of rotatable bonds is 4. The Kier molecular flexibility index (Phi) is 4.36. The molecule has 1 atom stereocenters. The molecular weight excluding hydrogens is 305 g/mol. The molecule has 1 saturated heterocycles. The molecule has 1 aromatic rings. The lowest BCUT2D eigenvalue weighted by Gasteiger charge is -2.23. The van der Waals surface area contributed by atoms with Gasteiger partial charge in [0.05, 0.1) is 10.5 Å². The monoisotopic (exact) mass is 319 g/mol. The number of hydrogen-bond donors (Lipinski definition) is 1. The minimum atomic E-state index is -4.02. The highest BCUT2D eigenvalue weighted by Gasteiger charge is 2.33. The summed E-state index contributed by atoms with van der Waals surface area (Å²) in [4.78, 5) is 10.6. The summed E-state index contributed by atoms with van der Waals surface area (Å²) in [6.45, 7) is 0. The molecule has 8 heteroatoms. The van der Waals surface area contributed by atoms with Crippen molar-refractivity contribution in [3.05, 3.63) is 29.6 Å². The molecule has 5 nitrogen and oxygen atoms in total. The Labute approximate surface area is 120 Å². The second-order valence-electron chi connectivity index (χ2n) is 4.48. The predicted octanol–water partition coefficient (Wildman–Crippen LogP) is 1.65. The van der Waals surface area contributed by atoms with Gasteiger partial charge >= 0.3 is 5.97 Å². The molecule has 1 N–H and O–H groups in total. The number of carboxylic acid groups (broad SMARTS) is 1. The van der Waals surface area contributed by atoms with Crippen molar-refractivity contribution in [2.45, 2.75) is 17.4 Å². The normalized spacial score (nSPS) is 19.4. The lowest BCUT2D eigenvalue weighted by Crippen LogP contribution is -2.37. The number of sulfonamides is 1. The molecule has 0 aliphatic carbocycles. The molecule has 1 aliphatic heterocycles. The number of nitrogens with zero attached hydrogens (tertiary/aromatic N) is 1. The molecule has 0 radical (unpaired) electrons. The van der Waals surface area contributed by atoms with E-state index in [9.17, 15) is 17.6 Å². The van der Waals surface area contributed by atoms with Crippen LogP contribution in [0, 0.1) is 5.82 Å². The number of aromatic carboxylic acids is 1. The number of halogens is 1. The van der Waals surface area contributed by atoms with E-state index < -0.39 is 32.3 Å². The number of carboxylic acids is 1. The van der Waals surface area contributed by atoms with Crippen LogP contribution in [0.25, 0.3) is 0 Å². The second kappa shape index (κ2) is 5.71. The van der Waals surface area contributed by atoms with E-state index in [0.717, 1.165) is 28.3 Å². The smallest absolute Gasteiger partial charge is 0.337 e. The van der Waals surface area contributed by atoms with E-state index in [2.05, 4.69) is 0 Å². The molecule has 0 saturated carbocycles. The summed E-state index contributed by atoms with van der Waals surface area (Å²) >= 11 is 1.64. The van der Waals surface area contributed by atoms with E-state index in [-0.39, 0.29) is 6.04 Å². The van der Waals surface area contributed by atoms with E-state index >= 15 is 0 Å². The van der Waals surface area contributed by atoms with Crippen LogP contribution < -0.4 is 0 Å². The third-order valence-electron chi connectivity index (χ3n) is 3.25. The first-order valence-electron chi connectivity index (χ1n) is 5.92. The molecule has 0 amide bonds. The van der Waals surface area contributed by atoms with Gasteiger partial charge < -0.3 is 5.11 Å². The molecule has 0 bridgehead atoms. The van der Waals surface area contributed by atoms with Crippen molar-refractivity contribution in [1.82, 2.24) is 4.31 Å². The number of benzene rings is 1. The van der Waals surface area contributed by atoms with Crippen molar-refractivity contribution in [2.24, 2.45) is 0 Å². The zero-order chi connectivity index (χ0) is 14.9. The van der Waals surface area contributed by atoms with Gasteiger partial charge in [-0.2, -0.15) is 16.1 Å². The van der Waals surface area contributed by atoms with E-state index in [1.807, 2.05) is 0 Å². The molecule has 1 heterocycles. The van der Waals surface area contributed by atoms with E-state index in [4.69, 9.17) is 5.11 Å². The summed E-state index contributed by atoms with van der Waals surface area (Å²) in [7, 11) is -2.62. The van der Waals surface area contributed by atoms with Gasteiger partial charge in [0.15, 0.2) is 0 Å². The lowest BCUT2D eigenvalue weighted by molar-refractivity contribution is 0.0692. The first-order chi connectivity index (χ1) is 9.34. The molecule has 110 valence electrons. The van der Waals surface area contributed by atoms with E-state index in [1.165, 1.54) is 7.05 Å². The van der Waals surface area contributed by atoms with Gasteiger partial charge in [-0.3, -0.25) is 0 Å². The first kappa shape index (κ1) is 15.3. The molecule has 0 spiro atoms. The molecule has 2 rings (SSSR count). The third kappa shape index (κ3) is 2.82. The van der Waals surface area contributed by atoms with Gasteiger partial charge in [-0.25, -0.2) is 17.6 Å². The Morgan fingerprint density at radius 1 is 1.50 bits per heavy atom. The van der Waals surface area contributed by atoms with Crippen LogP contribution in [0.2, 0.25) is 0 Å². The van der Waals surface area contributed by atoms with E-state index in [0.29, 0.717) is 12.2 Å². The Morgan fingerprint density at radius 2 is 2.20 bits per heavy atom. The zero-order valence-corrected chi connectivity index (χ0v) is 12.4. The second-order valence-corrected chi connectivity index (χ2v) is 7.60. The topological polar surface area (TPSA) is 74.7 Å². The van der Waals surface area contributed by atoms with Crippen LogP contribution in [-0.4, -0.2) is 48.4 Å². The van der Waals surface area contributed by atoms with Gasteiger partial charge in [0.2, 0.25) is 10.0 Å². The number of hydrogen-bond acceptors (Lipinski definition) is 4. The zero-order valence-electron chi connectivity index (χ0n) is 10.7. The average molecular weight is 319 g/mol. The van der Waals surface area contributed by atoms with Gasteiger partial charge in [0, 0.05) is 18.8 Å². The molecular formula is C12H14FNO4S2. The van der Waals surface area contributed by atoms with Crippen molar-refractivity contribution in [2.75, 3.05) is 18.6 Å². The van der Waals surface area contributed by atoms with Crippen LogP contribution in [0.15, 0.2) is 23.1 Å². The van der Waals surface area contributed by atoms with Crippen LogP contribution in [0.4, 0.5) is 4.39 Å². The number of carbonyl (C=O) groups is 1. The highest BCUT2D eigenvalue weighted by atomic mass is 32.2. The maximum Gasteiger partial charge on any atom is 0.337 e. The van der Waals surface area contributed by atoms with Gasteiger partial charge in [-0.1, -0.05) is 0 Å². The summed E-state index contributed by atoms with van der Waals surface area (Å²) in [5, 5.41) is 9.06. The minimum Gasteiger partial charge on any atom is -0.478 e. The Hall–Kier alpha value is -1.12. The fourth-order valence-corrected chi connectivity index (χ4v) is 4.99. The van der Waals surface area contributed by atoms with Gasteiger partial charge in [0.25, 0.3) is 0 Å². The van der Waals surface area contributed by atoms with Crippen molar-refractivity contribution in [1.29, 1.82) is 0 Å². The highest BCUT2D eigenvalue weighted by Crippen LogP contribution is 2.28. The van der Waals surface area contributed by atoms with Gasteiger partial charge in [0.1, 0.15) is 5.82 Å². The molecule has 1 fully saturated rings. The molecule has 1 aliphatic rings. The highest BCUT2D eigenvalue weighted by molar-refractivity contribution is 7.99. The van der Waals surface area contributed by atoms with Crippen LogP contribution in [0.1, 0.15) is 16.8 Å². The van der Waals surface area contributed by atoms with Crippen molar-refractivity contribution < 1.29 is 22.7 Å². The summed E-state index contributed by atoms with van der Waals surface area (Å²) in [6.07, 6.45) is 0.706. The Balaban J connectivity index is 2.47. The van der Waals surface area contributed by atoms with E-state index in [1.54, 1.807) is 11.8 Å². The Morgan fingerprint density at radius 3 is 2.75 bits per heavy atom. The first-order valence-corrected chi connectivity index (χ1v) is 8.52. The van der Waals surface area contributed by atoms with Crippen molar-refractivity contribution >= 4 is 27.8 Å². The van der Waals surface area contributed by atoms with Crippen LogP contribution in [0.5, 0.6) is 0 Å². The summed E-state index contributed by atoms with van der Waals surface area (Å²) in [6, 6.07) is 2.49. The average Bonchev–Trinajstić information content (AvgIpc) is 2.91. The SMILES string of the molecule is CN(C1CCSC1)S(=O)(=O)c1cc(F)ccc1C(=O)O. The maximum absolute atomic E-state index is 13.3. The summed E-state index contributed by atoms with van der Waals surface area (Å²) < 4.78 is 39.4. The van der Waals surface area contributed by atoms with Crippen molar-refractivity contribution in [3.63, 3.8) is 0 Å². The number of thioether (sulfide) groups is 1.